The van der Waals surface area contributed by atoms with Gasteiger partial charge >= 0.3 is 0 Å². The van der Waals surface area contributed by atoms with Gasteiger partial charge in [-0.1, -0.05) is 23.9 Å². The zero-order chi connectivity index (χ0) is 23.5. The Balaban J connectivity index is 1.42. The summed E-state index contributed by atoms with van der Waals surface area (Å²) in [6.45, 7) is 5.85. The molecule has 0 unspecified atom stereocenters. The number of aromatic nitrogens is 3. The molecule has 4 rings (SSSR count). The van der Waals surface area contributed by atoms with E-state index in [2.05, 4.69) is 20.8 Å². The first kappa shape index (κ1) is 22.6. The molecule has 0 saturated heterocycles. The Morgan fingerprint density at radius 3 is 2.64 bits per heavy atom. The number of anilines is 1. The molecule has 0 aliphatic rings. The van der Waals surface area contributed by atoms with Gasteiger partial charge in [-0.2, -0.15) is 0 Å². The molecule has 0 saturated carbocycles. The number of nitrogens with zero attached hydrogens (tertiary/aromatic N) is 3. The number of hydrogen-bond donors (Lipinski definition) is 2. The number of rotatable bonds is 7. The monoisotopic (exact) mass is 463 g/mol. The molecule has 0 atom stereocenters. The van der Waals surface area contributed by atoms with E-state index in [1.165, 1.54) is 11.8 Å². The molecule has 0 aliphatic carbocycles. The highest BCUT2D eigenvalue weighted by Gasteiger charge is 2.15. The number of thioether (sulfide) groups is 1. The van der Waals surface area contributed by atoms with Gasteiger partial charge in [0.05, 0.1) is 24.9 Å². The van der Waals surface area contributed by atoms with E-state index in [0.717, 1.165) is 39.0 Å². The van der Waals surface area contributed by atoms with E-state index in [1.807, 2.05) is 67.6 Å². The molecule has 170 valence electrons. The number of methoxy groups -OCH3 is 1. The summed E-state index contributed by atoms with van der Waals surface area (Å²) in [6, 6.07) is 13.5. The van der Waals surface area contributed by atoms with Crippen molar-refractivity contribution in [3.8, 4) is 5.75 Å². The molecule has 0 radical (unpaired) electrons. The van der Waals surface area contributed by atoms with Crippen molar-refractivity contribution in [3.63, 3.8) is 0 Å². The lowest BCUT2D eigenvalue weighted by Crippen LogP contribution is -2.34. The molecule has 0 aliphatic heterocycles. The van der Waals surface area contributed by atoms with E-state index in [4.69, 9.17) is 4.74 Å². The van der Waals surface area contributed by atoms with E-state index in [0.29, 0.717) is 10.8 Å². The number of benzene rings is 2. The van der Waals surface area contributed by atoms with Crippen molar-refractivity contribution in [2.45, 2.75) is 25.9 Å². The summed E-state index contributed by atoms with van der Waals surface area (Å²) in [4.78, 5) is 24.6. The Bertz CT molecular complexity index is 1370. The fourth-order valence-corrected chi connectivity index (χ4v) is 4.35. The Morgan fingerprint density at radius 2 is 1.85 bits per heavy atom. The van der Waals surface area contributed by atoms with Crippen LogP contribution in [0.3, 0.4) is 0 Å². The van der Waals surface area contributed by atoms with Gasteiger partial charge in [-0.3, -0.25) is 14.0 Å². The van der Waals surface area contributed by atoms with E-state index < -0.39 is 0 Å². The highest BCUT2D eigenvalue weighted by atomic mass is 32.2. The summed E-state index contributed by atoms with van der Waals surface area (Å²) in [6.07, 6.45) is 0. The predicted octanol–water partition coefficient (Wildman–Crippen LogP) is 3.66. The highest BCUT2D eigenvalue weighted by molar-refractivity contribution is 7.99. The lowest BCUT2D eigenvalue weighted by atomic mass is 10.1. The Labute approximate surface area is 195 Å². The lowest BCUT2D eigenvalue weighted by Gasteiger charge is -2.11. The molecule has 2 amide bonds. The van der Waals surface area contributed by atoms with E-state index >= 15 is 0 Å². The first-order valence-corrected chi connectivity index (χ1v) is 11.4. The normalized spacial score (nSPS) is 11.0. The van der Waals surface area contributed by atoms with Crippen LogP contribution in [0, 0.1) is 20.8 Å². The fraction of sp³-hybridized carbons (Fsp3) is 0.250. The molecule has 0 fully saturated rings. The Kier molecular flexibility index (Phi) is 6.50. The van der Waals surface area contributed by atoms with Crippen molar-refractivity contribution in [2.24, 2.45) is 0 Å². The molecule has 2 heterocycles. The van der Waals surface area contributed by atoms with Crippen LogP contribution in [-0.4, -0.2) is 45.8 Å². The number of amides is 2. The number of aryl methyl sites for hydroxylation is 2. The Morgan fingerprint density at radius 1 is 1.03 bits per heavy atom. The number of hydrogen-bond acceptors (Lipinski definition) is 6. The second kappa shape index (κ2) is 9.50. The number of nitrogens with one attached hydrogen (secondary N) is 2. The van der Waals surface area contributed by atoms with Crippen LogP contribution in [0.5, 0.6) is 5.75 Å². The van der Waals surface area contributed by atoms with Crippen molar-refractivity contribution in [2.75, 3.05) is 24.7 Å². The summed E-state index contributed by atoms with van der Waals surface area (Å²) in [7, 11) is 1.62. The largest absolute Gasteiger partial charge is 0.497 e. The van der Waals surface area contributed by atoms with Crippen LogP contribution in [0.2, 0.25) is 0 Å². The number of pyridine rings is 1. The molecule has 4 aromatic rings. The van der Waals surface area contributed by atoms with Crippen LogP contribution in [0.4, 0.5) is 5.69 Å². The van der Waals surface area contributed by atoms with Crippen LogP contribution in [0.1, 0.15) is 16.7 Å². The molecule has 8 nitrogen and oxygen atoms in total. The quantitative estimate of drug-likeness (QED) is 0.406. The van der Waals surface area contributed by atoms with Gasteiger partial charge in [0.1, 0.15) is 5.75 Å². The molecular weight excluding hydrogens is 438 g/mol. The van der Waals surface area contributed by atoms with Gasteiger partial charge in [0.15, 0.2) is 10.8 Å². The molecule has 2 aromatic carbocycles. The SMILES string of the molecule is COc1ccc2c(C)cc3nnc(SCC(=O)NCC(=O)Nc4cccc(C)c4C)n3c2c1. The van der Waals surface area contributed by atoms with Crippen molar-refractivity contribution < 1.29 is 14.3 Å². The molecule has 0 spiro atoms. The number of ether oxygens (including phenoxy) is 1. The van der Waals surface area contributed by atoms with Crippen LogP contribution in [0.15, 0.2) is 47.6 Å². The first-order chi connectivity index (χ1) is 15.9. The topological polar surface area (TPSA) is 97.6 Å². The first-order valence-electron chi connectivity index (χ1n) is 10.5. The second-order valence-corrected chi connectivity index (χ2v) is 8.69. The third kappa shape index (κ3) is 4.78. The zero-order valence-electron chi connectivity index (χ0n) is 18.9. The lowest BCUT2D eigenvalue weighted by molar-refractivity contribution is -0.122. The number of carbonyl (C=O) groups is 2. The minimum absolute atomic E-state index is 0.104. The molecule has 2 N–H and O–H groups in total. The highest BCUT2D eigenvalue weighted by Crippen LogP contribution is 2.28. The van der Waals surface area contributed by atoms with Gasteiger partial charge in [-0.25, -0.2) is 0 Å². The van der Waals surface area contributed by atoms with Gasteiger partial charge in [0.2, 0.25) is 11.8 Å². The van der Waals surface area contributed by atoms with E-state index in [1.54, 1.807) is 7.11 Å². The molecule has 2 aromatic heterocycles. The van der Waals surface area contributed by atoms with Crippen molar-refractivity contribution >= 4 is 45.8 Å². The summed E-state index contributed by atoms with van der Waals surface area (Å²) >= 11 is 1.26. The van der Waals surface area contributed by atoms with Crippen LogP contribution < -0.4 is 15.4 Å². The molecule has 9 heteroatoms. The third-order valence-electron chi connectivity index (χ3n) is 5.53. The molecule has 33 heavy (non-hydrogen) atoms. The zero-order valence-corrected chi connectivity index (χ0v) is 19.7. The van der Waals surface area contributed by atoms with Gasteiger partial charge in [-0.15, -0.1) is 10.2 Å². The molecule has 0 bridgehead atoms. The second-order valence-electron chi connectivity index (χ2n) is 7.75. The van der Waals surface area contributed by atoms with Gasteiger partial charge in [0.25, 0.3) is 0 Å². The van der Waals surface area contributed by atoms with Crippen LogP contribution in [-0.2, 0) is 9.59 Å². The average molecular weight is 464 g/mol. The van der Waals surface area contributed by atoms with E-state index in [9.17, 15) is 9.59 Å². The summed E-state index contributed by atoms with van der Waals surface area (Å²) in [5, 5.41) is 15.7. The maximum Gasteiger partial charge on any atom is 0.243 e. The summed E-state index contributed by atoms with van der Waals surface area (Å²) < 4.78 is 7.29. The van der Waals surface area contributed by atoms with Crippen molar-refractivity contribution in [3.05, 3.63) is 59.2 Å². The average Bonchev–Trinajstić information content (AvgIpc) is 3.22. The summed E-state index contributed by atoms with van der Waals surface area (Å²) in [5.74, 6) is 0.300. The minimum atomic E-state index is -0.274. The number of fused-ring (bicyclic) bond motifs is 3. The standard InChI is InChI=1S/C24H25N5O3S/c1-14-6-5-7-19(16(14)3)26-22(30)12-25-23(31)13-33-24-28-27-21-10-15(2)18-9-8-17(32-4)11-20(18)29(21)24/h5-11H,12-13H2,1-4H3,(H,25,31)(H,26,30). The van der Waals surface area contributed by atoms with Crippen LogP contribution in [0.25, 0.3) is 16.6 Å². The van der Waals surface area contributed by atoms with Gasteiger partial charge < -0.3 is 15.4 Å². The molecular formula is C24H25N5O3S. The predicted molar refractivity (Wildman–Crippen MR) is 130 cm³/mol. The minimum Gasteiger partial charge on any atom is -0.497 e. The van der Waals surface area contributed by atoms with Crippen LogP contribution >= 0.6 is 11.8 Å². The maximum absolute atomic E-state index is 12.4. The summed E-state index contributed by atoms with van der Waals surface area (Å²) in [5.41, 5.74) is 5.53. The fourth-order valence-electron chi connectivity index (χ4n) is 3.56. The van der Waals surface area contributed by atoms with Crippen molar-refractivity contribution in [1.29, 1.82) is 0 Å². The Hall–Kier alpha value is -3.59. The van der Waals surface area contributed by atoms with E-state index in [-0.39, 0.29) is 24.1 Å². The third-order valence-corrected chi connectivity index (χ3v) is 6.46. The van der Waals surface area contributed by atoms with Gasteiger partial charge in [-0.05, 0) is 61.7 Å². The smallest absolute Gasteiger partial charge is 0.243 e. The number of carbonyl (C=O) groups excluding carboxylic acids is 2. The van der Waals surface area contributed by atoms with Gasteiger partial charge in [0, 0.05) is 17.1 Å². The van der Waals surface area contributed by atoms with Crippen molar-refractivity contribution in [1.82, 2.24) is 19.9 Å². The maximum atomic E-state index is 12.4.